The zero-order chi connectivity index (χ0) is 20.2. The summed E-state index contributed by atoms with van der Waals surface area (Å²) in [7, 11) is 0. The van der Waals surface area contributed by atoms with Gasteiger partial charge < -0.3 is 19.9 Å². The number of ether oxygens (including phenoxy) is 1. The number of ketones is 1. The van der Waals surface area contributed by atoms with Gasteiger partial charge in [-0.25, -0.2) is 4.79 Å². The van der Waals surface area contributed by atoms with Crippen molar-refractivity contribution in [1.82, 2.24) is 15.2 Å². The molecule has 148 valence electrons. The maximum Gasteiger partial charge on any atom is 0.317 e. The molecular weight excluding hydrogens is 413 g/mol. The normalized spacial score (nSPS) is 17.0. The number of carbonyl (C=O) groups is 2. The fourth-order valence-electron chi connectivity index (χ4n) is 3.98. The monoisotopic (exact) mass is 429 g/mol. The van der Waals surface area contributed by atoms with Crippen molar-refractivity contribution in [3.8, 4) is 5.75 Å². The summed E-state index contributed by atoms with van der Waals surface area (Å²) in [5.74, 6) is 0.524. The first-order valence-electron chi connectivity index (χ1n) is 9.23. The fourth-order valence-corrected chi connectivity index (χ4v) is 4.37. The molecule has 3 aromatic rings. The lowest BCUT2D eigenvalue weighted by atomic mass is 9.84. The van der Waals surface area contributed by atoms with Crippen LogP contribution in [0, 0.1) is 0 Å². The average molecular weight is 430 g/mol. The minimum absolute atomic E-state index is 0.00715. The van der Waals surface area contributed by atoms with E-state index in [2.05, 4.69) is 10.3 Å². The van der Waals surface area contributed by atoms with Crippen LogP contribution in [0.4, 0.5) is 4.79 Å². The van der Waals surface area contributed by atoms with Crippen molar-refractivity contribution in [2.45, 2.75) is 18.6 Å². The molecule has 3 heterocycles. The lowest BCUT2D eigenvalue weighted by Crippen LogP contribution is -2.69. The molecule has 0 unspecified atom stereocenters. The maximum absolute atomic E-state index is 12.5. The highest BCUT2D eigenvalue weighted by molar-refractivity contribution is 6.31. The van der Waals surface area contributed by atoms with Gasteiger partial charge >= 0.3 is 6.03 Å². The summed E-state index contributed by atoms with van der Waals surface area (Å²) in [6.45, 7) is 1.15. The van der Waals surface area contributed by atoms with Gasteiger partial charge in [-0.2, -0.15) is 0 Å². The highest BCUT2D eigenvalue weighted by atomic mass is 35.5. The highest BCUT2D eigenvalue weighted by Crippen LogP contribution is 2.39. The van der Waals surface area contributed by atoms with Crippen LogP contribution >= 0.6 is 23.2 Å². The van der Waals surface area contributed by atoms with Crippen LogP contribution in [0.3, 0.4) is 0 Å². The van der Waals surface area contributed by atoms with Crippen LogP contribution in [0.1, 0.15) is 22.3 Å². The smallest absolute Gasteiger partial charge is 0.317 e. The largest absolute Gasteiger partial charge is 0.482 e. The van der Waals surface area contributed by atoms with E-state index in [0.29, 0.717) is 41.1 Å². The molecule has 2 aliphatic heterocycles. The molecule has 0 atom stereocenters. The van der Waals surface area contributed by atoms with E-state index in [9.17, 15) is 9.59 Å². The molecule has 0 saturated carbocycles. The summed E-state index contributed by atoms with van der Waals surface area (Å²) in [6, 6.07) is 12.6. The molecule has 1 aromatic heterocycles. The Labute approximate surface area is 176 Å². The Morgan fingerprint density at radius 1 is 1.17 bits per heavy atom. The van der Waals surface area contributed by atoms with Crippen molar-refractivity contribution in [2.24, 2.45) is 0 Å². The topological polar surface area (TPSA) is 74.4 Å². The number of aromatic nitrogens is 1. The lowest BCUT2D eigenvalue weighted by molar-refractivity contribution is -0.0596. The molecule has 29 heavy (non-hydrogen) atoms. The third-order valence-corrected chi connectivity index (χ3v) is 5.83. The van der Waals surface area contributed by atoms with Crippen molar-refractivity contribution in [3.63, 3.8) is 0 Å². The number of nitrogens with zero attached hydrogens (tertiary/aromatic N) is 1. The van der Waals surface area contributed by atoms with Gasteiger partial charge in [0, 0.05) is 22.5 Å². The van der Waals surface area contributed by atoms with Crippen molar-refractivity contribution in [3.05, 3.63) is 63.8 Å². The number of amides is 2. The molecule has 2 aromatic carbocycles. The second kappa shape index (κ2) is 6.68. The zero-order valence-electron chi connectivity index (χ0n) is 15.3. The number of Topliss-reactive ketones (excluding diaryl/α,β-unsaturated/α-hetero) is 1. The van der Waals surface area contributed by atoms with E-state index in [1.165, 1.54) is 0 Å². The summed E-state index contributed by atoms with van der Waals surface area (Å²) in [4.78, 5) is 29.7. The number of hydrogen-bond donors (Lipinski definition) is 2. The van der Waals surface area contributed by atoms with Crippen LogP contribution in [-0.4, -0.2) is 40.4 Å². The molecular formula is C21H17Cl2N3O3. The maximum atomic E-state index is 12.5. The lowest BCUT2D eigenvalue weighted by Gasteiger charge is -2.50. The third kappa shape index (κ3) is 3.32. The molecule has 2 N–H and O–H groups in total. The van der Waals surface area contributed by atoms with Gasteiger partial charge in [-0.1, -0.05) is 29.3 Å². The van der Waals surface area contributed by atoms with E-state index >= 15 is 0 Å². The minimum atomic E-state index is -0.643. The quantitative estimate of drug-likeness (QED) is 0.633. The van der Waals surface area contributed by atoms with Gasteiger partial charge in [0.2, 0.25) is 0 Å². The zero-order valence-corrected chi connectivity index (χ0v) is 16.8. The summed E-state index contributed by atoms with van der Waals surface area (Å²) < 4.78 is 6.06. The van der Waals surface area contributed by atoms with Crippen molar-refractivity contribution >= 4 is 45.9 Å². The number of fused-ring (bicyclic) bond motifs is 2. The number of carbonyl (C=O) groups excluding carboxylic acids is 2. The van der Waals surface area contributed by atoms with E-state index in [1.807, 2.05) is 24.3 Å². The van der Waals surface area contributed by atoms with Gasteiger partial charge in [0.25, 0.3) is 0 Å². The molecule has 6 nitrogen and oxygen atoms in total. The first kappa shape index (κ1) is 18.3. The first-order chi connectivity index (χ1) is 13.9. The van der Waals surface area contributed by atoms with Gasteiger partial charge in [-0.15, -0.1) is 0 Å². The van der Waals surface area contributed by atoms with Crippen LogP contribution in [-0.2, 0) is 6.54 Å². The predicted molar refractivity (Wildman–Crippen MR) is 111 cm³/mol. The van der Waals surface area contributed by atoms with Gasteiger partial charge in [-0.05, 0) is 42.0 Å². The van der Waals surface area contributed by atoms with Crippen molar-refractivity contribution in [1.29, 1.82) is 0 Å². The summed E-state index contributed by atoms with van der Waals surface area (Å²) >= 11 is 11.9. The molecule has 0 aliphatic carbocycles. The number of halogens is 2. The highest BCUT2D eigenvalue weighted by Gasteiger charge is 2.51. The molecule has 1 fully saturated rings. The predicted octanol–water partition coefficient (Wildman–Crippen LogP) is 4.40. The van der Waals surface area contributed by atoms with Gasteiger partial charge in [0.05, 0.1) is 25.1 Å². The van der Waals surface area contributed by atoms with E-state index in [4.69, 9.17) is 27.9 Å². The minimum Gasteiger partial charge on any atom is -0.482 e. The van der Waals surface area contributed by atoms with E-state index in [-0.39, 0.29) is 18.2 Å². The summed E-state index contributed by atoms with van der Waals surface area (Å²) in [5, 5.41) is 5.00. The second-order valence-corrected chi connectivity index (χ2v) is 8.42. The SMILES string of the molecule is O=C1CC2(CN(C(=O)NCc3ccc4[nH]c(Cl)cc4c3)C2)Oc2ccc(Cl)cc21. The third-order valence-electron chi connectivity index (χ3n) is 5.39. The van der Waals surface area contributed by atoms with Gasteiger partial charge in [0.15, 0.2) is 11.4 Å². The van der Waals surface area contributed by atoms with E-state index < -0.39 is 5.60 Å². The number of urea groups is 1. The summed E-state index contributed by atoms with van der Waals surface area (Å²) in [5.41, 5.74) is 1.80. The second-order valence-electron chi connectivity index (χ2n) is 7.58. The molecule has 8 heteroatoms. The van der Waals surface area contributed by atoms with Crippen LogP contribution in [0.15, 0.2) is 42.5 Å². The van der Waals surface area contributed by atoms with Crippen LogP contribution in [0.5, 0.6) is 5.75 Å². The Bertz CT molecular complexity index is 1150. The Balaban J connectivity index is 1.21. The molecule has 2 amide bonds. The molecule has 1 spiro atoms. The number of aromatic amines is 1. The summed E-state index contributed by atoms with van der Waals surface area (Å²) in [6.07, 6.45) is 0.245. The number of benzene rings is 2. The van der Waals surface area contributed by atoms with Crippen molar-refractivity contribution in [2.75, 3.05) is 13.1 Å². The fraction of sp³-hybridized carbons (Fsp3) is 0.238. The number of likely N-dealkylation sites (tertiary alicyclic amines) is 1. The molecule has 5 rings (SSSR count). The van der Waals surface area contributed by atoms with Gasteiger partial charge in [-0.3, -0.25) is 4.79 Å². The van der Waals surface area contributed by atoms with Crippen molar-refractivity contribution < 1.29 is 14.3 Å². The number of H-pyrrole nitrogens is 1. The Kier molecular flexibility index (Phi) is 4.22. The van der Waals surface area contributed by atoms with Gasteiger partial charge in [0.1, 0.15) is 10.9 Å². The van der Waals surface area contributed by atoms with Crippen LogP contribution < -0.4 is 10.1 Å². The number of nitrogens with one attached hydrogen (secondary N) is 2. The van der Waals surface area contributed by atoms with E-state index in [0.717, 1.165) is 16.5 Å². The Hall–Kier alpha value is -2.70. The molecule has 0 bridgehead atoms. The number of rotatable bonds is 2. The van der Waals surface area contributed by atoms with Crippen LogP contribution in [0.2, 0.25) is 10.2 Å². The Morgan fingerprint density at radius 2 is 2.00 bits per heavy atom. The standard InChI is InChI=1S/C21H17Cl2N3O3/c22-14-2-4-18-15(7-14)17(27)8-21(29-18)10-26(11-21)20(28)24-9-12-1-3-16-13(5-12)6-19(23)25-16/h1-7,25H,8-11H2,(H,24,28). The Morgan fingerprint density at radius 3 is 2.83 bits per heavy atom. The average Bonchev–Trinajstić information content (AvgIpc) is 3.04. The first-order valence-corrected chi connectivity index (χ1v) is 9.98. The molecule has 2 aliphatic rings. The van der Waals surface area contributed by atoms with Crippen LogP contribution in [0.25, 0.3) is 10.9 Å². The number of hydrogen-bond acceptors (Lipinski definition) is 3. The van der Waals surface area contributed by atoms with E-state index in [1.54, 1.807) is 23.1 Å². The molecule has 0 radical (unpaired) electrons. The molecule has 1 saturated heterocycles.